The van der Waals surface area contributed by atoms with Crippen LogP contribution in [0.3, 0.4) is 0 Å². The molecule has 118 valence electrons. The van der Waals surface area contributed by atoms with Crippen molar-refractivity contribution in [3.63, 3.8) is 0 Å². The van der Waals surface area contributed by atoms with Crippen molar-refractivity contribution in [2.75, 3.05) is 7.11 Å². The molecule has 0 bridgehead atoms. The second-order valence-electron chi connectivity index (χ2n) is 5.52. The van der Waals surface area contributed by atoms with E-state index in [2.05, 4.69) is 9.46 Å². The molecular formula is C13H17ClFNO4S. The molecule has 1 aromatic carbocycles. The Morgan fingerprint density at radius 1 is 1.38 bits per heavy atom. The van der Waals surface area contributed by atoms with Crippen molar-refractivity contribution in [1.29, 1.82) is 0 Å². The second-order valence-corrected chi connectivity index (χ2v) is 7.61. The third-order valence-electron chi connectivity index (χ3n) is 2.76. The molecular weight excluding hydrogens is 321 g/mol. The maximum absolute atomic E-state index is 13.0. The van der Waals surface area contributed by atoms with E-state index >= 15 is 0 Å². The van der Waals surface area contributed by atoms with Crippen LogP contribution < -0.4 is 4.72 Å². The first-order valence-electron chi connectivity index (χ1n) is 6.04. The van der Waals surface area contributed by atoms with Crippen molar-refractivity contribution in [2.45, 2.75) is 31.7 Å². The Morgan fingerprint density at radius 3 is 2.38 bits per heavy atom. The van der Waals surface area contributed by atoms with Gasteiger partial charge in [0.15, 0.2) is 0 Å². The summed E-state index contributed by atoms with van der Waals surface area (Å²) in [4.78, 5) is 11.5. The van der Waals surface area contributed by atoms with Crippen LogP contribution in [-0.2, 0) is 19.6 Å². The summed E-state index contributed by atoms with van der Waals surface area (Å²) in [5.74, 6) is -1.37. The Kier molecular flexibility index (Phi) is 5.35. The largest absolute Gasteiger partial charge is 0.468 e. The zero-order valence-corrected chi connectivity index (χ0v) is 13.7. The number of hydrogen-bond donors (Lipinski definition) is 1. The van der Waals surface area contributed by atoms with Gasteiger partial charge in [-0.2, -0.15) is 4.72 Å². The maximum atomic E-state index is 13.0. The molecule has 0 heterocycles. The highest BCUT2D eigenvalue weighted by molar-refractivity contribution is 7.89. The van der Waals surface area contributed by atoms with Crippen LogP contribution in [0, 0.1) is 11.2 Å². The van der Waals surface area contributed by atoms with Gasteiger partial charge in [-0.15, -0.1) is 0 Å². The molecule has 1 rings (SSSR count). The summed E-state index contributed by atoms with van der Waals surface area (Å²) in [7, 11) is -2.93. The normalized spacial score (nSPS) is 13.8. The van der Waals surface area contributed by atoms with Gasteiger partial charge in [-0.3, -0.25) is 4.79 Å². The number of carbonyl (C=O) groups excluding carboxylic acids is 1. The number of benzene rings is 1. The Morgan fingerprint density at radius 2 is 1.95 bits per heavy atom. The lowest BCUT2D eigenvalue weighted by Crippen LogP contribution is -2.49. The fraction of sp³-hybridized carbons (Fsp3) is 0.462. The number of rotatable bonds is 4. The number of esters is 1. The third kappa shape index (κ3) is 4.39. The van der Waals surface area contributed by atoms with Gasteiger partial charge in [-0.05, 0) is 23.6 Å². The topological polar surface area (TPSA) is 72.5 Å². The number of hydrogen-bond acceptors (Lipinski definition) is 4. The zero-order valence-electron chi connectivity index (χ0n) is 12.1. The minimum absolute atomic E-state index is 0.264. The number of nitrogens with one attached hydrogen (secondary N) is 1. The third-order valence-corrected chi connectivity index (χ3v) is 4.67. The molecule has 8 heteroatoms. The van der Waals surface area contributed by atoms with Crippen molar-refractivity contribution < 1.29 is 22.3 Å². The van der Waals surface area contributed by atoms with Gasteiger partial charge in [0.1, 0.15) is 16.8 Å². The summed E-state index contributed by atoms with van der Waals surface area (Å²) in [5, 5.41) is -0.264. The van der Waals surface area contributed by atoms with Gasteiger partial charge in [-0.25, -0.2) is 12.8 Å². The van der Waals surface area contributed by atoms with Crippen molar-refractivity contribution in [1.82, 2.24) is 4.72 Å². The molecule has 0 aliphatic heterocycles. The average molecular weight is 338 g/mol. The second kappa shape index (κ2) is 6.29. The molecule has 0 aliphatic carbocycles. The monoisotopic (exact) mass is 337 g/mol. The first-order valence-corrected chi connectivity index (χ1v) is 7.90. The molecule has 0 aromatic heterocycles. The van der Waals surface area contributed by atoms with Crippen LogP contribution in [-0.4, -0.2) is 27.5 Å². The van der Waals surface area contributed by atoms with Crippen LogP contribution >= 0.6 is 11.6 Å². The smallest absolute Gasteiger partial charge is 0.324 e. The molecule has 0 radical (unpaired) electrons. The lowest BCUT2D eigenvalue weighted by molar-refractivity contribution is -0.145. The molecule has 0 spiro atoms. The van der Waals surface area contributed by atoms with Crippen LogP contribution in [0.15, 0.2) is 23.1 Å². The lowest BCUT2D eigenvalue weighted by Gasteiger charge is -2.28. The lowest BCUT2D eigenvalue weighted by atomic mass is 9.87. The molecule has 1 atom stereocenters. The number of halogens is 2. The van der Waals surface area contributed by atoms with Gasteiger partial charge in [0.25, 0.3) is 0 Å². The Labute approximate surface area is 128 Å². The summed E-state index contributed by atoms with van der Waals surface area (Å²) >= 11 is 5.75. The van der Waals surface area contributed by atoms with E-state index < -0.39 is 33.3 Å². The SMILES string of the molecule is COC(=O)C(NS(=O)(=O)c1ccc(F)cc1Cl)C(C)(C)C. The zero-order chi connectivity index (χ0) is 16.4. The quantitative estimate of drug-likeness (QED) is 0.856. The number of sulfonamides is 1. The maximum Gasteiger partial charge on any atom is 0.324 e. The van der Waals surface area contributed by atoms with Crippen LogP contribution in [0.1, 0.15) is 20.8 Å². The van der Waals surface area contributed by atoms with Crippen LogP contribution in [0.5, 0.6) is 0 Å². The molecule has 5 nitrogen and oxygen atoms in total. The van der Waals surface area contributed by atoms with E-state index in [1.165, 1.54) is 7.11 Å². The fourth-order valence-electron chi connectivity index (χ4n) is 1.61. The van der Waals surface area contributed by atoms with E-state index in [9.17, 15) is 17.6 Å². The van der Waals surface area contributed by atoms with Crippen LogP contribution in [0.2, 0.25) is 5.02 Å². The summed E-state index contributed by atoms with van der Waals surface area (Å²) in [6.07, 6.45) is 0. The Hall–Kier alpha value is -1.18. The van der Waals surface area contributed by atoms with Gasteiger partial charge >= 0.3 is 5.97 Å². The number of methoxy groups -OCH3 is 1. The average Bonchev–Trinajstić information content (AvgIpc) is 2.33. The van der Waals surface area contributed by atoms with E-state index in [4.69, 9.17) is 11.6 Å². The van der Waals surface area contributed by atoms with Crippen LogP contribution in [0.25, 0.3) is 0 Å². The van der Waals surface area contributed by atoms with Crippen molar-refractivity contribution in [3.05, 3.63) is 29.0 Å². The van der Waals surface area contributed by atoms with Gasteiger partial charge in [0, 0.05) is 0 Å². The molecule has 1 unspecified atom stereocenters. The molecule has 1 N–H and O–H groups in total. The van der Waals surface area contributed by atoms with Crippen molar-refractivity contribution in [2.24, 2.45) is 5.41 Å². The number of carbonyl (C=O) groups is 1. The highest BCUT2D eigenvalue weighted by atomic mass is 35.5. The summed E-state index contributed by atoms with van der Waals surface area (Å²) in [6, 6.07) is 1.80. The summed E-state index contributed by atoms with van der Waals surface area (Å²) in [6.45, 7) is 5.05. The highest BCUT2D eigenvalue weighted by Crippen LogP contribution is 2.26. The van der Waals surface area contributed by atoms with E-state index in [-0.39, 0.29) is 9.92 Å². The van der Waals surface area contributed by atoms with Gasteiger partial charge in [0.2, 0.25) is 10.0 Å². The first kappa shape index (κ1) is 17.9. The van der Waals surface area contributed by atoms with Crippen LogP contribution in [0.4, 0.5) is 4.39 Å². The molecule has 0 fully saturated rings. The predicted molar refractivity (Wildman–Crippen MR) is 77.0 cm³/mol. The fourth-order valence-corrected chi connectivity index (χ4v) is 3.53. The molecule has 0 saturated heterocycles. The first-order chi connectivity index (χ1) is 9.49. The summed E-state index contributed by atoms with van der Waals surface area (Å²) < 4.78 is 44.5. The van der Waals surface area contributed by atoms with E-state index in [0.29, 0.717) is 0 Å². The highest BCUT2D eigenvalue weighted by Gasteiger charge is 2.36. The van der Waals surface area contributed by atoms with Crippen molar-refractivity contribution >= 4 is 27.6 Å². The minimum atomic E-state index is -4.09. The molecule has 0 saturated carbocycles. The van der Waals surface area contributed by atoms with E-state index in [1.807, 2.05) is 0 Å². The van der Waals surface area contributed by atoms with Crippen molar-refractivity contribution in [3.8, 4) is 0 Å². The van der Waals surface area contributed by atoms with Gasteiger partial charge in [-0.1, -0.05) is 32.4 Å². The minimum Gasteiger partial charge on any atom is -0.468 e. The predicted octanol–water partition coefficient (Wildman–Crippen LogP) is 2.35. The number of ether oxygens (including phenoxy) is 1. The Bertz CT molecular complexity index is 640. The molecule has 0 amide bonds. The Balaban J connectivity index is 3.21. The molecule has 1 aromatic rings. The van der Waals surface area contributed by atoms with E-state index in [1.54, 1.807) is 20.8 Å². The molecule has 21 heavy (non-hydrogen) atoms. The van der Waals surface area contributed by atoms with Gasteiger partial charge < -0.3 is 4.74 Å². The van der Waals surface area contributed by atoms with E-state index in [0.717, 1.165) is 18.2 Å². The molecule has 0 aliphatic rings. The summed E-state index contributed by atoms with van der Waals surface area (Å²) in [5.41, 5.74) is -0.716. The standard InChI is InChI=1S/C13H17ClFNO4S/c1-13(2,3)11(12(17)20-4)16-21(18,19)10-6-5-8(15)7-9(10)14/h5-7,11,16H,1-4H3. The van der Waals surface area contributed by atoms with Gasteiger partial charge in [0.05, 0.1) is 12.1 Å².